The van der Waals surface area contributed by atoms with Gasteiger partial charge in [-0.25, -0.2) is 9.97 Å². The Morgan fingerprint density at radius 1 is 1.33 bits per heavy atom. The molecule has 0 N–H and O–H groups in total. The maximum Gasteiger partial charge on any atom is 0.316 e. The molecule has 1 heterocycles. The zero-order valence-electron chi connectivity index (χ0n) is 8.99. The van der Waals surface area contributed by atoms with Crippen molar-refractivity contribution >= 4 is 5.78 Å². The summed E-state index contributed by atoms with van der Waals surface area (Å²) in [7, 11) is 0. The molecule has 0 amide bonds. The minimum atomic E-state index is 0.324. The topological polar surface area (TPSA) is 52.1 Å². The minimum absolute atomic E-state index is 0.324. The zero-order valence-corrected chi connectivity index (χ0v) is 8.99. The molecule has 0 unspecified atom stereocenters. The van der Waals surface area contributed by atoms with Gasteiger partial charge in [-0.1, -0.05) is 0 Å². The Kier molecular flexibility index (Phi) is 2.66. The molecule has 1 aliphatic rings. The second kappa shape index (κ2) is 3.96. The number of ketones is 1. The zero-order chi connectivity index (χ0) is 10.8. The number of nitrogens with zero attached hydrogens (tertiary/aromatic N) is 2. The molecule has 0 radical (unpaired) electrons. The van der Waals surface area contributed by atoms with Crippen LogP contribution in [0.4, 0.5) is 0 Å². The van der Waals surface area contributed by atoms with Crippen molar-refractivity contribution in [3.8, 4) is 6.01 Å². The highest BCUT2D eigenvalue weighted by atomic mass is 16.5. The fourth-order valence-corrected chi connectivity index (χ4v) is 1.65. The molecule has 15 heavy (non-hydrogen) atoms. The van der Waals surface area contributed by atoms with Gasteiger partial charge in [0.2, 0.25) is 0 Å². The Balaban J connectivity index is 1.90. The van der Waals surface area contributed by atoms with E-state index >= 15 is 0 Å². The molecule has 4 nitrogen and oxygen atoms in total. The second-order valence-electron chi connectivity index (χ2n) is 4.06. The lowest BCUT2D eigenvalue weighted by molar-refractivity contribution is -0.127. The van der Waals surface area contributed by atoms with Crippen LogP contribution < -0.4 is 4.74 Å². The Morgan fingerprint density at radius 2 is 1.93 bits per heavy atom. The van der Waals surface area contributed by atoms with E-state index in [1.807, 2.05) is 19.9 Å². The Hall–Kier alpha value is -1.45. The number of carbonyl (C=O) groups is 1. The van der Waals surface area contributed by atoms with Crippen molar-refractivity contribution < 1.29 is 9.53 Å². The molecule has 4 heteroatoms. The summed E-state index contributed by atoms with van der Waals surface area (Å²) in [5.74, 6) is 0.687. The molecule has 1 aliphatic carbocycles. The van der Waals surface area contributed by atoms with Crippen LogP contribution in [0.1, 0.15) is 24.2 Å². The molecule has 1 aromatic heterocycles. The Labute approximate surface area is 88.7 Å². The third kappa shape index (κ3) is 2.52. The maximum absolute atomic E-state index is 10.7. The van der Waals surface area contributed by atoms with Crippen molar-refractivity contribution in [1.82, 2.24) is 9.97 Å². The average molecular weight is 206 g/mol. The van der Waals surface area contributed by atoms with E-state index in [9.17, 15) is 4.79 Å². The van der Waals surface area contributed by atoms with E-state index in [2.05, 4.69) is 9.97 Å². The first-order valence-electron chi connectivity index (χ1n) is 5.10. The van der Waals surface area contributed by atoms with E-state index in [1.165, 1.54) is 0 Å². The van der Waals surface area contributed by atoms with Gasteiger partial charge in [-0.05, 0) is 19.9 Å². The molecule has 0 bridgehead atoms. The fourth-order valence-electron chi connectivity index (χ4n) is 1.65. The van der Waals surface area contributed by atoms with E-state index in [1.54, 1.807) is 0 Å². The first kappa shape index (κ1) is 10.1. The number of rotatable bonds is 3. The van der Waals surface area contributed by atoms with E-state index in [4.69, 9.17) is 4.74 Å². The van der Waals surface area contributed by atoms with Crippen molar-refractivity contribution in [2.75, 3.05) is 6.61 Å². The average Bonchev–Trinajstić information content (AvgIpc) is 2.09. The van der Waals surface area contributed by atoms with Crippen molar-refractivity contribution in [2.45, 2.75) is 26.7 Å². The van der Waals surface area contributed by atoms with Crippen molar-refractivity contribution in [3.05, 3.63) is 17.5 Å². The lowest BCUT2D eigenvalue weighted by Crippen LogP contribution is -2.28. The quantitative estimate of drug-likeness (QED) is 0.751. The third-order valence-electron chi connectivity index (χ3n) is 2.44. The largest absolute Gasteiger partial charge is 0.463 e. The van der Waals surface area contributed by atoms with Gasteiger partial charge in [-0.2, -0.15) is 0 Å². The summed E-state index contributed by atoms with van der Waals surface area (Å²) >= 11 is 0. The first-order chi connectivity index (χ1) is 7.13. The van der Waals surface area contributed by atoms with Crippen LogP contribution >= 0.6 is 0 Å². The summed E-state index contributed by atoms with van der Waals surface area (Å²) in [5.41, 5.74) is 1.81. The molecule has 2 rings (SSSR count). The molecule has 0 spiro atoms. The molecule has 0 aliphatic heterocycles. The summed E-state index contributed by atoms with van der Waals surface area (Å²) in [6.45, 7) is 4.37. The smallest absolute Gasteiger partial charge is 0.316 e. The summed E-state index contributed by atoms with van der Waals surface area (Å²) in [4.78, 5) is 19.1. The molecule has 0 saturated heterocycles. The number of Topliss-reactive ketones (excluding diaryl/α,β-unsaturated/α-hetero) is 1. The number of hydrogen-bond donors (Lipinski definition) is 0. The number of aryl methyl sites for hydroxylation is 2. The summed E-state index contributed by atoms with van der Waals surface area (Å²) in [6.07, 6.45) is 1.29. The number of aromatic nitrogens is 2. The van der Waals surface area contributed by atoms with Crippen LogP contribution in [-0.4, -0.2) is 22.4 Å². The monoisotopic (exact) mass is 206 g/mol. The van der Waals surface area contributed by atoms with Crippen LogP contribution in [0, 0.1) is 19.8 Å². The van der Waals surface area contributed by atoms with Crippen molar-refractivity contribution in [1.29, 1.82) is 0 Å². The molecule has 1 saturated carbocycles. The van der Waals surface area contributed by atoms with E-state index in [0.717, 1.165) is 11.4 Å². The molecule has 1 fully saturated rings. The molecule has 1 aromatic rings. The van der Waals surface area contributed by atoms with Gasteiger partial charge >= 0.3 is 6.01 Å². The van der Waals surface area contributed by atoms with Crippen LogP contribution in [0.25, 0.3) is 0 Å². The standard InChI is InChI=1S/C11H14N2O2/c1-7-3-8(2)13-11(12-7)15-6-9-4-10(14)5-9/h3,9H,4-6H2,1-2H3. The van der Waals surface area contributed by atoms with Gasteiger partial charge in [0, 0.05) is 30.1 Å². The maximum atomic E-state index is 10.7. The van der Waals surface area contributed by atoms with Crippen LogP contribution in [0.5, 0.6) is 6.01 Å². The molecule has 0 aromatic carbocycles. The number of ether oxygens (including phenoxy) is 1. The second-order valence-corrected chi connectivity index (χ2v) is 4.06. The molecular formula is C11H14N2O2. The third-order valence-corrected chi connectivity index (χ3v) is 2.44. The van der Waals surface area contributed by atoms with Gasteiger partial charge in [0.1, 0.15) is 5.78 Å². The van der Waals surface area contributed by atoms with E-state index in [-0.39, 0.29) is 0 Å². The Morgan fingerprint density at radius 3 is 2.47 bits per heavy atom. The highest BCUT2D eigenvalue weighted by molar-refractivity contribution is 5.84. The molecule has 0 atom stereocenters. The minimum Gasteiger partial charge on any atom is -0.463 e. The predicted molar refractivity (Wildman–Crippen MR) is 54.7 cm³/mol. The van der Waals surface area contributed by atoms with Gasteiger partial charge in [0.15, 0.2) is 0 Å². The van der Waals surface area contributed by atoms with Gasteiger partial charge in [-0.15, -0.1) is 0 Å². The van der Waals surface area contributed by atoms with Crippen LogP contribution in [0.15, 0.2) is 6.07 Å². The van der Waals surface area contributed by atoms with E-state index < -0.39 is 0 Å². The molecular weight excluding hydrogens is 192 g/mol. The van der Waals surface area contributed by atoms with Gasteiger partial charge < -0.3 is 4.74 Å². The number of hydrogen-bond acceptors (Lipinski definition) is 4. The summed E-state index contributed by atoms with van der Waals surface area (Å²) < 4.78 is 5.45. The summed E-state index contributed by atoms with van der Waals surface area (Å²) in [5, 5.41) is 0. The number of carbonyl (C=O) groups excluding carboxylic acids is 1. The van der Waals surface area contributed by atoms with Crippen LogP contribution in [-0.2, 0) is 4.79 Å². The van der Waals surface area contributed by atoms with Gasteiger partial charge in [0.25, 0.3) is 0 Å². The van der Waals surface area contributed by atoms with E-state index in [0.29, 0.717) is 37.2 Å². The van der Waals surface area contributed by atoms with Crippen molar-refractivity contribution in [2.24, 2.45) is 5.92 Å². The lowest BCUT2D eigenvalue weighted by atomic mass is 9.85. The van der Waals surface area contributed by atoms with Gasteiger partial charge in [0.05, 0.1) is 6.61 Å². The highest BCUT2D eigenvalue weighted by Gasteiger charge is 2.27. The fraction of sp³-hybridized carbons (Fsp3) is 0.545. The van der Waals surface area contributed by atoms with Crippen LogP contribution in [0.2, 0.25) is 0 Å². The normalized spacial score (nSPS) is 16.3. The van der Waals surface area contributed by atoms with Crippen LogP contribution in [0.3, 0.4) is 0 Å². The molecule has 80 valence electrons. The lowest BCUT2D eigenvalue weighted by Gasteiger charge is -2.23. The summed E-state index contributed by atoms with van der Waals surface area (Å²) in [6, 6.07) is 2.33. The first-order valence-corrected chi connectivity index (χ1v) is 5.10. The Bertz CT molecular complexity index is 362. The van der Waals surface area contributed by atoms with Crippen molar-refractivity contribution in [3.63, 3.8) is 0 Å². The SMILES string of the molecule is Cc1cc(C)nc(OCC2CC(=O)C2)n1. The van der Waals surface area contributed by atoms with Gasteiger partial charge in [-0.3, -0.25) is 4.79 Å². The highest BCUT2D eigenvalue weighted by Crippen LogP contribution is 2.23. The predicted octanol–water partition coefficient (Wildman–Crippen LogP) is 1.45.